The Labute approximate surface area is 85.2 Å². The van der Waals surface area contributed by atoms with Crippen molar-refractivity contribution >= 4 is 10.0 Å². The summed E-state index contributed by atoms with van der Waals surface area (Å²) < 4.78 is 24.0. The number of rotatable bonds is 4. The summed E-state index contributed by atoms with van der Waals surface area (Å²) in [5, 5.41) is 11.7. The van der Waals surface area contributed by atoms with E-state index in [1.165, 1.54) is 10.6 Å². The Bertz CT molecular complexity index is 266. The molecule has 1 unspecified atom stereocenters. The molecule has 84 valence electrons. The fourth-order valence-electron chi connectivity index (χ4n) is 1.68. The number of aliphatic hydroxyl groups is 1. The third-order valence-corrected chi connectivity index (χ3v) is 3.67. The van der Waals surface area contributed by atoms with Crippen LogP contribution in [0.4, 0.5) is 0 Å². The van der Waals surface area contributed by atoms with Gasteiger partial charge in [-0.05, 0) is 12.8 Å². The Morgan fingerprint density at radius 3 is 2.86 bits per heavy atom. The van der Waals surface area contributed by atoms with Crippen LogP contribution in [0.25, 0.3) is 0 Å². The Hall–Kier alpha value is -0.170. The molecule has 1 heterocycles. The Kier molecular flexibility index (Phi) is 4.31. The molecule has 0 spiro atoms. The molecule has 0 aromatic rings. The summed E-state index contributed by atoms with van der Waals surface area (Å²) in [4.78, 5) is 0. The van der Waals surface area contributed by atoms with Gasteiger partial charge in [0.15, 0.2) is 0 Å². The van der Waals surface area contributed by atoms with Gasteiger partial charge >= 0.3 is 0 Å². The molecule has 0 aliphatic carbocycles. The molecule has 1 rings (SSSR count). The van der Waals surface area contributed by atoms with Crippen molar-refractivity contribution < 1.29 is 13.5 Å². The van der Waals surface area contributed by atoms with Gasteiger partial charge in [-0.15, -0.1) is 0 Å². The maximum Gasteiger partial charge on any atom is 0.211 e. The SMILES string of the molecule is CS(=O)(=O)N1CCCC(NCCO)C1. The highest BCUT2D eigenvalue weighted by Crippen LogP contribution is 2.12. The minimum Gasteiger partial charge on any atom is -0.395 e. The van der Waals surface area contributed by atoms with Gasteiger partial charge in [-0.2, -0.15) is 0 Å². The molecule has 0 aromatic carbocycles. The van der Waals surface area contributed by atoms with Crippen molar-refractivity contribution in [3.8, 4) is 0 Å². The molecule has 1 aliphatic rings. The van der Waals surface area contributed by atoms with Crippen molar-refractivity contribution in [2.45, 2.75) is 18.9 Å². The standard InChI is InChI=1S/C8H18N2O3S/c1-14(12,13)10-5-2-3-8(7-10)9-4-6-11/h8-9,11H,2-7H2,1H3. The maximum absolute atomic E-state index is 11.3. The number of hydrogen-bond acceptors (Lipinski definition) is 4. The van der Waals surface area contributed by atoms with Gasteiger partial charge in [0.05, 0.1) is 12.9 Å². The highest BCUT2D eigenvalue weighted by molar-refractivity contribution is 7.88. The molecule has 14 heavy (non-hydrogen) atoms. The smallest absolute Gasteiger partial charge is 0.211 e. The number of sulfonamides is 1. The molecule has 2 N–H and O–H groups in total. The van der Waals surface area contributed by atoms with E-state index in [0.717, 1.165) is 12.8 Å². The number of hydrogen-bond donors (Lipinski definition) is 2. The molecule has 1 fully saturated rings. The summed E-state index contributed by atoms with van der Waals surface area (Å²) in [5.41, 5.74) is 0. The van der Waals surface area contributed by atoms with E-state index in [0.29, 0.717) is 19.6 Å². The molecular formula is C8H18N2O3S. The van der Waals surface area contributed by atoms with Crippen molar-refractivity contribution in [2.75, 3.05) is 32.5 Å². The zero-order valence-electron chi connectivity index (χ0n) is 8.44. The van der Waals surface area contributed by atoms with Gasteiger partial charge < -0.3 is 10.4 Å². The molecule has 1 aliphatic heterocycles. The lowest BCUT2D eigenvalue weighted by atomic mass is 10.1. The minimum atomic E-state index is -3.05. The number of aliphatic hydroxyl groups excluding tert-OH is 1. The number of nitrogens with zero attached hydrogens (tertiary/aromatic N) is 1. The minimum absolute atomic E-state index is 0.0926. The molecule has 1 atom stereocenters. The van der Waals surface area contributed by atoms with Crippen LogP contribution in [0.5, 0.6) is 0 Å². The molecule has 1 saturated heterocycles. The first-order chi connectivity index (χ1) is 6.54. The lowest BCUT2D eigenvalue weighted by Gasteiger charge is -2.31. The van der Waals surface area contributed by atoms with E-state index in [1.807, 2.05) is 0 Å². The van der Waals surface area contributed by atoms with E-state index < -0.39 is 10.0 Å². The molecule has 6 heteroatoms. The summed E-state index contributed by atoms with van der Waals surface area (Å²) in [5.74, 6) is 0. The third kappa shape index (κ3) is 3.53. The first kappa shape index (κ1) is 11.9. The second-order valence-electron chi connectivity index (χ2n) is 3.64. The molecular weight excluding hydrogens is 204 g/mol. The average molecular weight is 222 g/mol. The van der Waals surface area contributed by atoms with E-state index in [9.17, 15) is 8.42 Å². The van der Waals surface area contributed by atoms with Crippen LogP contribution in [0, 0.1) is 0 Å². The van der Waals surface area contributed by atoms with E-state index in [2.05, 4.69) is 5.32 Å². The van der Waals surface area contributed by atoms with Gasteiger partial charge in [0.25, 0.3) is 0 Å². The Morgan fingerprint density at radius 1 is 1.57 bits per heavy atom. The Morgan fingerprint density at radius 2 is 2.29 bits per heavy atom. The monoisotopic (exact) mass is 222 g/mol. The summed E-state index contributed by atoms with van der Waals surface area (Å²) in [6, 6.07) is 0.186. The predicted molar refractivity (Wildman–Crippen MR) is 54.5 cm³/mol. The number of nitrogens with one attached hydrogen (secondary N) is 1. The van der Waals surface area contributed by atoms with Crippen molar-refractivity contribution in [3.05, 3.63) is 0 Å². The lowest BCUT2D eigenvalue weighted by molar-refractivity contribution is 0.249. The highest BCUT2D eigenvalue weighted by Gasteiger charge is 2.24. The van der Waals surface area contributed by atoms with Gasteiger partial charge in [-0.25, -0.2) is 12.7 Å². The summed E-state index contributed by atoms with van der Waals surface area (Å²) in [6.45, 7) is 1.77. The molecule has 0 bridgehead atoms. The van der Waals surface area contributed by atoms with Crippen molar-refractivity contribution in [1.29, 1.82) is 0 Å². The third-order valence-electron chi connectivity index (χ3n) is 2.40. The van der Waals surface area contributed by atoms with Gasteiger partial charge in [0, 0.05) is 25.7 Å². The topological polar surface area (TPSA) is 69.6 Å². The quantitative estimate of drug-likeness (QED) is 0.639. The van der Waals surface area contributed by atoms with Crippen LogP contribution in [0.1, 0.15) is 12.8 Å². The zero-order chi connectivity index (χ0) is 10.6. The lowest BCUT2D eigenvalue weighted by Crippen LogP contribution is -2.48. The zero-order valence-corrected chi connectivity index (χ0v) is 9.26. The fourth-order valence-corrected chi connectivity index (χ4v) is 2.59. The summed E-state index contributed by atoms with van der Waals surface area (Å²) >= 11 is 0. The molecule has 5 nitrogen and oxygen atoms in total. The van der Waals surface area contributed by atoms with Crippen molar-refractivity contribution in [2.24, 2.45) is 0 Å². The normalized spacial score (nSPS) is 25.1. The van der Waals surface area contributed by atoms with Crippen LogP contribution in [0.3, 0.4) is 0 Å². The van der Waals surface area contributed by atoms with E-state index in [-0.39, 0.29) is 12.6 Å². The highest BCUT2D eigenvalue weighted by atomic mass is 32.2. The molecule has 0 aromatic heterocycles. The van der Waals surface area contributed by atoms with Crippen LogP contribution in [0.15, 0.2) is 0 Å². The maximum atomic E-state index is 11.3. The number of piperidine rings is 1. The van der Waals surface area contributed by atoms with E-state index >= 15 is 0 Å². The van der Waals surface area contributed by atoms with Crippen LogP contribution in [0.2, 0.25) is 0 Å². The van der Waals surface area contributed by atoms with Gasteiger partial charge in [0.2, 0.25) is 10.0 Å². The fraction of sp³-hybridized carbons (Fsp3) is 1.00. The average Bonchev–Trinajstić information content (AvgIpc) is 2.14. The second-order valence-corrected chi connectivity index (χ2v) is 5.62. The van der Waals surface area contributed by atoms with Crippen LogP contribution < -0.4 is 5.32 Å². The summed E-state index contributed by atoms with van der Waals surface area (Å²) in [6.07, 6.45) is 3.10. The van der Waals surface area contributed by atoms with Crippen LogP contribution in [-0.2, 0) is 10.0 Å². The van der Waals surface area contributed by atoms with Gasteiger partial charge in [0.1, 0.15) is 0 Å². The molecule has 0 saturated carbocycles. The van der Waals surface area contributed by atoms with E-state index in [1.54, 1.807) is 0 Å². The summed E-state index contributed by atoms with van der Waals surface area (Å²) in [7, 11) is -3.05. The van der Waals surface area contributed by atoms with Crippen molar-refractivity contribution in [1.82, 2.24) is 9.62 Å². The molecule has 0 amide bonds. The largest absolute Gasteiger partial charge is 0.395 e. The van der Waals surface area contributed by atoms with Crippen molar-refractivity contribution in [3.63, 3.8) is 0 Å². The first-order valence-electron chi connectivity index (χ1n) is 4.83. The molecule has 0 radical (unpaired) electrons. The second kappa shape index (κ2) is 5.06. The van der Waals surface area contributed by atoms with Gasteiger partial charge in [-0.3, -0.25) is 0 Å². The van der Waals surface area contributed by atoms with Gasteiger partial charge in [-0.1, -0.05) is 0 Å². The van der Waals surface area contributed by atoms with E-state index in [4.69, 9.17) is 5.11 Å². The van der Waals surface area contributed by atoms with Crippen LogP contribution in [-0.4, -0.2) is 56.4 Å². The van der Waals surface area contributed by atoms with Crippen LogP contribution >= 0.6 is 0 Å². The first-order valence-corrected chi connectivity index (χ1v) is 6.68. The Balaban J connectivity index is 2.44. The predicted octanol–water partition coefficient (Wildman–Crippen LogP) is -1.01.